The highest BCUT2D eigenvalue weighted by atomic mass is 127. The lowest BCUT2D eigenvalue weighted by Gasteiger charge is -2.37. The molecule has 3 N–H and O–H groups in total. The van der Waals surface area contributed by atoms with Gasteiger partial charge in [-0.05, 0) is 31.6 Å². The molecule has 2 heterocycles. The van der Waals surface area contributed by atoms with Crippen molar-refractivity contribution in [3.05, 3.63) is 23.5 Å². The van der Waals surface area contributed by atoms with Crippen LogP contribution in [0, 0.1) is 5.41 Å². The highest BCUT2D eigenvalue weighted by Gasteiger charge is 2.31. The molecule has 2 aromatic heterocycles. The van der Waals surface area contributed by atoms with Crippen molar-refractivity contribution in [2.24, 2.45) is 10.4 Å². The van der Waals surface area contributed by atoms with Crippen molar-refractivity contribution in [1.82, 2.24) is 20.0 Å². The second-order valence-corrected chi connectivity index (χ2v) is 7.78. The summed E-state index contributed by atoms with van der Waals surface area (Å²) in [4.78, 5) is 10.3. The Morgan fingerprint density at radius 2 is 2.15 bits per heavy atom. The first kappa shape index (κ1) is 21.4. The molecule has 0 aliphatic heterocycles. The van der Waals surface area contributed by atoms with E-state index in [0.29, 0.717) is 6.54 Å². The minimum atomic E-state index is 0. The summed E-state index contributed by atoms with van der Waals surface area (Å²) >= 11 is 1.64. The molecule has 2 aromatic rings. The van der Waals surface area contributed by atoms with Gasteiger partial charge in [0.15, 0.2) is 10.9 Å². The number of rotatable bonds is 7. The number of guanidine groups is 1. The second-order valence-electron chi connectivity index (χ2n) is 6.91. The number of aliphatic hydroxyl groups excluding tert-OH is 1. The average Bonchev–Trinajstić information content (AvgIpc) is 3.20. The quantitative estimate of drug-likeness (QED) is 0.316. The van der Waals surface area contributed by atoms with Crippen molar-refractivity contribution in [2.75, 3.05) is 19.7 Å². The van der Waals surface area contributed by atoms with Gasteiger partial charge in [0.05, 0.1) is 12.2 Å². The number of aliphatic hydroxyl groups is 1. The van der Waals surface area contributed by atoms with E-state index in [1.54, 1.807) is 11.3 Å². The lowest BCUT2D eigenvalue weighted by molar-refractivity contribution is 0.131. The minimum Gasteiger partial charge on any atom is -0.396 e. The topological polar surface area (TPSA) is 74.0 Å². The van der Waals surface area contributed by atoms with Crippen LogP contribution in [0.25, 0.3) is 4.96 Å². The molecule has 1 aliphatic rings. The Hall–Kier alpha value is -0.870. The Morgan fingerprint density at radius 3 is 2.85 bits per heavy atom. The van der Waals surface area contributed by atoms with Gasteiger partial charge in [0.25, 0.3) is 0 Å². The van der Waals surface area contributed by atoms with Crippen LogP contribution in [0.2, 0.25) is 0 Å². The van der Waals surface area contributed by atoms with E-state index >= 15 is 0 Å². The van der Waals surface area contributed by atoms with Crippen molar-refractivity contribution in [3.8, 4) is 0 Å². The lowest BCUT2D eigenvalue weighted by atomic mass is 9.72. The highest BCUT2D eigenvalue weighted by molar-refractivity contribution is 14.0. The van der Waals surface area contributed by atoms with Gasteiger partial charge in [-0.2, -0.15) is 0 Å². The van der Waals surface area contributed by atoms with Crippen LogP contribution < -0.4 is 10.6 Å². The van der Waals surface area contributed by atoms with Gasteiger partial charge in [-0.25, -0.2) is 9.98 Å². The first-order chi connectivity index (χ1) is 12.2. The third-order valence-electron chi connectivity index (χ3n) is 5.07. The predicted octanol–water partition coefficient (Wildman–Crippen LogP) is 3.40. The summed E-state index contributed by atoms with van der Waals surface area (Å²) < 4.78 is 2.04. The number of fused-ring (bicyclic) bond motifs is 1. The van der Waals surface area contributed by atoms with E-state index in [-0.39, 0.29) is 36.0 Å². The molecule has 8 heteroatoms. The summed E-state index contributed by atoms with van der Waals surface area (Å²) in [6.45, 7) is 4.61. The third kappa shape index (κ3) is 5.56. The lowest BCUT2D eigenvalue weighted by Crippen LogP contribution is -2.44. The van der Waals surface area contributed by atoms with E-state index in [0.717, 1.165) is 36.1 Å². The standard InChI is InChI=1S/C18H29N5OS.HI/c1-2-19-16(20-12-15-13-23-9-11-25-17(23)22-15)21-14-18(8-10-24)6-4-3-5-7-18;/h9,11,13,24H,2-8,10,12,14H2,1H3,(H2,19,20,21);1H. The average molecular weight is 491 g/mol. The predicted molar refractivity (Wildman–Crippen MR) is 119 cm³/mol. The van der Waals surface area contributed by atoms with E-state index < -0.39 is 0 Å². The summed E-state index contributed by atoms with van der Waals surface area (Å²) in [5.74, 6) is 0.835. The number of nitrogens with zero attached hydrogens (tertiary/aromatic N) is 3. The number of imidazole rings is 1. The molecule has 1 aliphatic carbocycles. The zero-order valence-corrected chi connectivity index (χ0v) is 18.6. The fourth-order valence-electron chi connectivity index (χ4n) is 3.68. The Bertz CT molecular complexity index is 659. The van der Waals surface area contributed by atoms with E-state index in [1.807, 2.05) is 22.2 Å². The molecule has 6 nitrogen and oxygen atoms in total. The van der Waals surface area contributed by atoms with Crippen LogP contribution >= 0.6 is 35.3 Å². The van der Waals surface area contributed by atoms with E-state index in [4.69, 9.17) is 4.99 Å². The first-order valence-electron chi connectivity index (χ1n) is 9.29. The van der Waals surface area contributed by atoms with Gasteiger partial charge in [0.1, 0.15) is 0 Å². The maximum Gasteiger partial charge on any atom is 0.193 e. The molecule has 146 valence electrons. The van der Waals surface area contributed by atoms with Crippen LogP contribution in [-0.4, -0.2) is 40.1 Å². The van der Waals surface area contributed by atoms with Crippen LogP contribution in [0.5, 0.6) is 0 Å². The second kappa shape index (κ2) is 10.5. The molecule has 1 fully saturated rings. The molecule has 3 rings (SSSR count). The molecule has 0 spiro atoms. The van der Waals surface area contributed by atoms with Crippen molar-refractivity contribution in [2.45, 2.75) is 52.0 Å². The van der Waals surface area contributed by atoms with Gasteiger partial charge in [0.2, 0.25) is 0 Å². The van der Waals surface area contributed by atoms with Crippen LogP contribution in [-0.2, 0) is 6.54 Å². The third-order valence-corrected chi connectivity index (χ3v) is 5.84. The van der Waals surface area contributed by atoms with Gasteiger partial charge in [-0.15, -0.1) is 35.3 Å². The zero-order chi connectivity index (χ0) is 17.5. The van der Waals surface area contributed by atoms with Crippen molar-refractivity contribution in [3.63, 3.8) is 0 Å². The van der Waals surface area contributed by atoms with Crippen LogP contribution in [0.4, 0.5) is 0 Å². The van der Waals surface area contributed by atoms with Gasteiger partial charge in [0, 0.05) is 37.5 Å². The number of hydrogen-bond donors (Lipinski definition) is 3. The van der Waals surface area contributed by atoms with E-state index in [1.165, 1.54) is 32.1 Å². The number of thiazole rings is 1. The fraction of sp³-hybridized carbons (Fsp3) is 0.667. The molecule has 0 saturated heterocycles. The summed E-state index contributed by atoms with van der Waals surface area (Å²) in [6.07, 6.45) is 11.2. The normalized spacial score (nSPS) is 17.1. The molecule has 0 radical (unpaired) electrons. The Kier molecular flexibility index (Phi) is 8.62. The smallest absolute Gasteiger partial charge is 0.193 e. The molecular weight excluding hydrogens is 461 g/mol. The molecular formula is C18H30IN5OS. The van der Waals surface area contributed by atoms with Crippen molar-refractivity contribution in [1.29, 1.82) is 0 Å². The van der Waals surface area contributed by atoms with E-state index in [2.05, 4.69) is 22.5 Å². The number of halogens is 1. The maximum absolute atomic E-state index is 9.47. The molecule has 1 saturated carbocycles. The first-order valence-corrected chi connectivity index (χ1v) is 10.2. The number of aromatic nitrogens is 2. The zero-order valence-electron chi connectivity index (χ0n) is 15.4. The summed E-state index contributed by atoms with van der Waals surface area (Å²) in [7, 11) is 0. The molecule has 0 atom stereocenters. The van der Waals surface area contributed by atoms with Crippen molar-refractivity contribution < 1.29 is 5.11 Å². The van der Waals surface area contributed by atoms with Crippen LogP contribution in [0.3, 0.4) is 0 Å². The van der Waals surface area contributed by atoms with Crippen LogP contribution in [0.1, 0.15) is 51.1 Å². The van der Waals surface area contributed by atoms with E-state index in [9.17, 15) is 5.11 Å². The fourth-order valence-corrected chi connectivity index (χ4v) is 4.40. The highest BCUT2D eigenvalue weighted by Crippen LogP contribution is 2.38. The molecule has 0 amide bonds. The van der Waals surface area contributed by atoms with Gasteiger partial charge in [-0.3, -0.25) is 4.40 Å². The molecule has 0 aromatic carbocycles. The monoisotopic (exact) mass is 491 g/mol. The Morgan fingerprint density at radius 1 is 1.35 bits per heavy atom. The largest absolute Gasteiger partial charge is 0.396 e. The molecule has 0 bridgehead atoms. The maximum atomic E-state index is 9.47. The SMILES string of the molecule is CCNC(=NCc1cn2ccsc2n1)NCC1(CCO)CCCCC1.I. The number of hydrogen-bond acceptors (Lipinski definition) is 4. The number of aliphatic imine (C=N–C) groups is 1. The Labute approximate surface area is 176 Å². The molecule has 26 heavy (non-hydrogen) atoms. The van der Waals surface area contributed by atoms with Gasteiger partial charge >= 0.3 is 0 Å². The van der Waals surface area contributed by atoms with Crippen molar-refractivity contribution >= 4 is 46.2 Å². The Balaban J connectivity index is 0.00000243. The molecule has 0 unspecified atom stereocenters. The summed E-state index contributed by atoms with van der Waals surface area (Å²) in [5.41, 5.74) is 1.19. The number of nitrogens with one attached hydrogen (secondary N) is 2. The summed E-state index contributed by atoms with van der Waals surface area (Å²) in [5, 5.41) is 18.3. The van der Waals surface area contributed by atoms with Gasteiger partial charge in [-0.1, -0.05) is 19.3 Å². The van der Waals surface area contributed by atoms with Gasteiger partial charge < -0.3 is 15.7 Å². The summed E-state index contributed by atoms with van der Waals surface area (Å²) in [6, 6.07) is 0. The van der Waals surface area contributed by atoms with Crippen LogP contribution in [0.15, 0.2) is 22.8 Å². The minimum absolute atomic E-state index is 0.